The summed E-state index contributed by atoms with van der Waals surface area (Å²) in [5.74, 6) is 0. The van der Waals surface area contributed by atoms with E-state index >= 15 is 0 Å². The molecule has 78 valence electrons. The predicted molar refractivity (Wildman–Crippen MR) is 62.6 cm³/mol. The highest BCUT2D eigenvalue weighted by Gasteiger charge is 2.08. The van der Waals surface area contributed by atoms with Crippen LogP contribution in [0.25, 0.3) is 10.8 Å². The molecule has 0 amide bonds. The molecule has 1 atom stereocenters. The molecule has 3 N–H and O–H groups in total. The van der Waals surface area contributed by atoms with Crippen LogP contribution in [0.3, 0.4) is 0 Å². The molecule has 0 spiro atoms. The van der Waals surface area contributed by atoms with E-state index in [9.17, 15) is 0 Å². The van der Waals surface area contributed by atoms with Crippen LogP contribution in [0.2, 0.25) is 0 Å². The fourth-order valence-electron chi connectivity index (χ4n) is 1.87. The number of aliphatic hydroxyl groups excluding tert-OH is 1. The number of aliphatic hydroxyl groups is 1. The van der Waals surface area contributed by atoms with Crippen LogP contribution in [0.1, 0.15) is 18.0 Å². The Bertz CT molecular complexity index is 448. The summed E-state index contributed by atoms with van der Waals surface area (Å²) in [6, 6.07) is 14.2. The first-order valence-electron chi connectivity index (χ1n) is 5.17. The van der Waals surface area contributed by atoms with Crippen molar-refractivity contribution in [3.8, 4) is 0 Å². The average molecular weight is 201 g/mol. The zero-order valence-electron chi connectivity index (χ0n) is 8.56. The molecule has 0 saturated heterocycles. The highest BCUT2D eigenvalue weighted by atomic mass is 16.3. The van der Waals surface area contributed by atoms with Gasteiger partial charge in [0.2, 0.25) is 0 Å². The lowest BCUT2D eigenvalue weighted by Crippen LogP contribution is -2.12. The quantitative estimate of drug-likeness (QED) is 0.799. The van der Waals surface area contributed by atoms with Crippen LogP contribution in [0.4, 0.5) is 0 Å². The highest BCUT2D eigenvalue weighted by Crippen LogP contribution is 2.24. The molecule has 0 aliphatic carbocycles. The first kappa shape index (κ1) is 10.1. The van der Waals surface area contributed by atoms with Crippen molar-refractivity contribution < 1.29 is 5.11 Å². The van der Waals surface area contributed by atoms with Gasteiger partial charge in [0.1, 0.15) is 0 Å². The van der Waals surface area contributed by atoms with Crippen LogP contribution in [0.5, 0.6) is 0 Å². The van der Waals surface area contributed by atoms with E-state index in [0.29, 0.717) is 6.42 Å². The van der Waals surface area contributed by atoms with Crippen molar-refractivity contribution >= 4 is 10.8 Å². The second kappa shape index (κ2) is 4.43. The largest absolute Gasteiger partial charge is 0.396 e. The third kappa shape index (κ3) is 2.01. The van der Waals surface area contributed by atoms with Crippen LogP contribution in [-0.4, -0.2) is 11.7 Å². The van der Waals surface area contributed by atoms with Gasteiger partial charge in [-0.1, -0.05) is 42.5 Å². The van der Waals surface area contributed by atoms with Crippen molar-refractivity contribution in [3.63, 3.8) is 0 Å². The fraction of sp³-hybridized carbons (Fsp3) is 0.231. The van der Waals surface area contributed by atoms with Gasteiger partial charge in [0.15, 0.2) is 0 Å². The first-order valence-corrected chi connectivity index (χ1v) is 5.17. The molecule has 2 rings (SSSR count). The Kier molecular flexibility index (Phi) is 2.99. The molecule has 0 fully saturated rings. The minimum absolute atomic E-state index is 0.0823. The van der Waals surface area contributed by atoms with Crippen molar-refractivity contribution in [1.29, 1.82) is 0 Å². The first-order chi connectivity index (χ1) is 7.33. The predicted octanol–water partition coefficient (Wildman–Crippen LogP) is 2.22. The number of fused-ring (bicyclic) bond motifs is 1. The van der Waals surface area contributed by atoms with Crippen LogP contribution in [-0.2, 0) is 0 Å². The van der Waals surface area contributed by atoms with Crippen molar-refractivity contribution in [2.24, 2.45) is 5.73 Å². The molecule has 0 saturated carbocycles. The van der Waals surface area contributed by atoms with E-state index in [0.717, 1.165) is 5.56 Å². The van der Waals surface area contributed by atoms with Crippen LogP contribution in [0.15, 0.2) is 42.5 Å². The molecular formula is C13H15NO. The van der Waals surface area contributed by atoms with E-state index in [4.69, 9.17) is 10.8 Å². The molecule has 2 heteroatoms. The van der Waals surface area contributed by atoms with Gasteiger partial charge < -0.3 is 10.8 Å². The van der Waals surface area contributed by atoms with Gasteiger partial charge in [0, 0.05) is 12.6 Å². The number of hydrogen-bond acceptors (Lipinski definition) is 2. The number of hydrogen-bond donors (Lipinski definition) is 2. The number of benzene rings is 2. The second-order valence-corrected chi connectivity index (χ2v) is 3.69. The topological polar surface area (TPSA) is 46.2 Å². The summed E-state index contributed by atoms with van der Waals surface area (Å²) in [6.45, 7) is 0.129. The molecular weight excluding hydrogens is 186 g/mol. The summed E-state index contributed by atoms with van der Waals surface area (Å²) in [4.78, 5) is 0. The molecule has 0 aliphatic heterocycles. The van der Waals surface area contributed by atoms with E-state index in [1.807, 2.05) is 24.3 Å². The molecule has 0 heterocycles. The lowest BCUT2D eigenvalue weighted by molar-refractivity contribution is 0.277. The molecule has 2 nitrogen and oxygen atoms in total. The lowest BCUT2D eigenvalue weighted by atomic mass is 9.98. The molecule has 0 radical (unpaired) electrons. The Hall–Kier alpha value is -1.38. The van der Waals surface area contributed by atoms with Crippen LogP contribution >= 0.6 is 0 Å². The van der Waals surface area contributed by atoms with E-state index < -0.39 is 0 Å². The van der Waals surface area contributed by atoms with Gasteiger partial charge in [-0.2, -0.15) is 0 Å². The van der Waals surface area contributed by atoms with E-state index in [1.54, 1.807) is 0 Å². The Labute approximate surface area is 89.3 Å². The molecule has 2 aromatic carbocycles. The maximum atomic E-state index is 8.89. The minimum Gasteiger partial charge on any atom is -0.396 e. The Morgan fingerprint density at radius 1 is 1.07 bits per heavy atom. The van der Waals surface area contributed by atoms with Gasteiger partial charge >= 0.3 is 0 Å². The number of nitrogens with two attached hydrogens (primary N) is 1. The van der Waals surface area contributed by atoms with Crippen LogP contribution in [0, 0.1) is 0 Å². The highest BCUT2D eigenvalue weighted by molar-refractivity contribution is 5.86. The fourth-order valence-corrected chi connectivity index (χ4v) is 1.87. The molecule has 0 aliphatic rings. The van der Waals surface area contributed by atoms with Crippen molar-refractivity contribution in [2.75, 3.05) is 6.61 Å². The Morgan fingerprint density at radius 3 is 2.60 bits per heavy atom. The van der Waals surface area contributed by atoms with Gasteiger partial charge in [-0.05, 0) is 22.8 Å². The molecule has 0 aromatic heterocycles. The third-order valence-corrected chi connectivity index (χ3v) is 2.66. The summed E-state index contributed by atoms with van der Waals surface area (Å²) >= 11 is 0. The van der Waals surface area contributed by atoms with Crippen molar-refractivity contribution in [1.82, 2.24) is 0 Å². The average Bonchev–Trinajstić information content (AvgIpc) is 2.28. The standard InChI is InChI=1S/C13H15NO/c14-13(8-9-15)12-7-3-5-10-4-1-2-6-11(10)12/h1-7,13,15H,8-9,14H2/t13-/m0/s1. The summed E-state index contributed by atoms with van der Waals surface area (Å²) in [6.07, 6.45) is 0.605. The summed E-state index contributed by atoms with van der Waals surface area (Å²) in [7, 11) is 0. The maximum absolute atomic E-state index is 8.89. The zero-order valence-corrected chi connectivity index (χ0v) is 8.56. The van der Waals surface area contributed by atoms with Gasteiger partial charge in [-0.3, -0.25) is 0 Å². The SMILES string of the molecule is N[C@@H](CCO)c1cccc2ccccc12. The van der Waals surface area contributed by atoms with Gasteiger partial charge in [0.05, 0.1) is 0 Å². The van der Waals surface area contributed by atoms with Gasteiger partial charge in [-0.15, -0.1) is 0 Å². The summed E-state index contributed by atoms with van der Waals surface area (Å²) < 4.78 is 0. The molecule has 0 bridgehead atoms. The van der Waals surface area contributed by atoms with E-state index in [-0.39, 0.29) is 12.6 Å². The van der Waals surface area contributed by atoms with E-state index in [1.165, 1.54) is 10.8 Å². The monoisotopic (exact) mass is 201 g/mol. The summed E-state index contributed by atoms with van der Waals surface area (Å²) in [5, 5.41) is 11.3. The molecule has 0 unspecified atom stereocenters. The lowest BCUT2D eigenvalue weighted by Gasteiger charge is -2.13. The van der Waals surface area contributed by atoms with Crippen molar-refractivity contribution in [2.45, 2.75) is 12.5 Å². The van der Waals surface area contributed by atoms with Gasteiger partial charge in [-0.25, -0.2) is 0 Å². The zero-order chi connectivity index (χ0) is 10.7. The van der Waals surface area contributed by atoms with Crippen LogP contribution < -0.4 is 5.73 Å². The van der Waals surface area contributed by atoms with Gasteiger partial charge in [0.25, 0.3) is 0 Å². The third-order valence-electron chi connectivity index (χ3n) is 2.66. The van der Waals surface area contributed by atoms with Crippen molar-refractivity contribution in [3.05, 3.63) is 48.0 Å². The molecule has 15 heavy (non-hydrogen) atoms. The Balaban J connectivity index is 2.50. The number of rotatable bonds is 3. The minimum atomic E-state index is -0.0823. The molecule has 2 aromatic rings. The second-order valence-electron chi connectivity index (χ2n) is 3.69. The smallest absolute Gasteiger partial charge is 0.0449 e. The Morgan fingerprint density at radius 2 is 1.80 bits per heavy atom. The summed E-state index contributed by atoms with van der Waals surface area (Å²) in [5.41, 5.74) is 7.12. The normalized spacial score (nSPS) is 12.9. The maximum Gasteiger partial charge on any atom is 0.0449 e. The van der Waals surface area contributed by atoms with E-state index in [2.05, 4.69) is 18.2 Å².